The lowest BCUT2D eigenvalue weighted by atomic mass is 10.2. The third-order valence-corrected chi connectivity index (χ3v) is 5.34. The molecule has 2 aromatic carbocycles. The van der Waals surface area contributed by atoms with Crippen LogP contribution in [0.2, 0.25) is 0 Å². The van der Waals surface area contributed by atoms with E-state index in [1.165, 1.54) is 20.4 Å². The number of ether oxygens (including phenoxy) is 3. The molecule has 0 saturated carbocycles. The first kappa shape index (κ1) is 25.3. The van der Waals surface area contributed by atoms with Gasteiger partial charge in [-0.2, -0.15) is 5.10 Å². The van der Waals surface area contributed by atoms with Gasteiger partial charge in [-0.05, 0) is 68.6 Å². The van der Waals surface area contributed by atoms with Crippen molar-refractivity contribution in [1.29, 1.82) is 0 Å². The lowest BCUT2D eigenvalue weighted by Crippen LogP contribution is -2.43. The molecule has 9 nitrogen and oxygen atoms in total. The molecule has 1 atom stereocenters. The fourth-order valence-electron chi connectivity index (χ4n) is 2.40. The molecule has 2 aromatic rings. The number of nitrogens with zero attached hydrogens (tertiary/aromatic N) is 1. The summed E-state index contributed by atoms with van der Waals surface area (Å²) in [6, 6.07) is 9.37. The van der Waals surface area contributed by atoms with E-state index in [2.05, 4.69) is 52.4 Å². The van der Waals surface area contributed by atoms with E-state index in [-0.39, 0.29) is 12.5 Å². The average Bonchev–Trinajstić information content (AvgIpc) is 2.77. The second-order valence-electron chi connectivity index (χ2n) is 6.31. The molecule has 0 spiro atoms. The van der Waals surface area contributed by atoms with Crippen molar-refractivity contribution in [2.75, 3.05) is 20.8 Å². The molecular formula is C21H21Br2N3O6. The summed E-state index contributed by atoms with van der Waals surface area (Å²) in [5.41, 5.74) is 3.38. The number of hydrogen-bond acceptors (Lipinski definition) is 7. The van der Waals surface area contributed by atoms with Crippen LogP contribution in [-0.2, 0) is 14.3 Å². The fourth-order valence-corrected chi connectivity index (χ4v) is 3.44. The Morgan fingerprint density at radius 1 is 1.12 bits per heavy atom. The number of halogens is 2. The van der Waals surface area contributed by atoms with E-state index in [4.69, 9.17) is 9.47 Å². The summed E-state index contributed by atoms with van der Waals surface area (Å²) in [6.07, 6.45) is 1.40. The van der Waals surface area contributed by atoms with Gasteiger partial charge in [0.15, 0.2) is 18.1 Å². The van der Waals surface area contributed by atoms with Gasteiger partial charge in [-0.3, -0.25) is 9.59 Å². The summed E-state index contributed by atoms with van der Waals surface area (Å²) in [6.45, 7) is 1.27. The van der Waals surface area contributed by atoms with Crippen LogP contribution in [0.15, 0.2) is 50.4 Å². The van der Waals surface area contributed by atoms with Gasteiger partial charge in [-0.1, -0.05) is 12.1 Å². The number of carbonyl (C=O) groups is 3. The number of hydrogen-bond donors (Lipinski definition) is 2. The molecule has 0 saturated heterocycles. The molecule has 0 aromatic heterocycles. The molecule has 0 fully saturated rings. The number of rotatable bonds is 9. The van der Waals surface area contributed by atoms with Crippen LogP contribution in [0.1, 0.15) is 22.8 Å². The van der Waals surface area contributed by atoms with Gasteiger partial charge in [0.05, 0.1) is 30.5 Å². The maximum absolute atomic E-state index is 12.3. The number of hydrazone groups is 1. The molecule has 170 valence electrons. The van der Waals surface area contributed by atoms with Crippen molar-refractivity contribution < 1.29 is 28.6 Å². The van der Waals surface area contributed by atoms with Gasteiger partial charge in [0.25, 0.3) is 11.8 Å². The van der Waals surface area contributed by atoms with Gasteiger partial charge in [0.1, 0.15) is 6.04 Å². The number of amides is 2. The first-order valence-electron chi connectivity index (χ1n) is 9.22. The van der Waals surface area contributed by atoms with E-state index >= 15 is 0 Å². The smallest absolute Gasteiger partial charge is 0.343 e. The Hall–Kier alpha value is -2.92. The van der Waals surface area contributed by atoms with Gasteiger partial charge in [-0.25, -0.2) is 10.2 Å². The van der Waals surface area contributed by atoms with Crippen molar-refractivity contribution in [3.05, 3.63) is 56.5 Å². The highest BCUT2D eigenvalue weighted by Gasteiger charge is 2.18. The predicted octanol–water partition coefficient (Wildman–Crippen LogP) is 3.04. The van der Waals surface area contributed by atoms with Gasteiger partial charge in [0, 0.05) is 4.47 Å². The minimum atomic E-state index is -0.817. The lowest BCUT2D eigenvalue weighted by Gasteiger charge is -2.13. The van der Waals surface area contributed by atoms with Gasteiger partial charge in [-0.15, -0.1) is 0 Å². The van der Waals surface area contributed by atoms with Crippen molar-refractivity contribution in [3.8, 4) is 11.5 Å². The highest BCUT2D eigenvalue weighted by atomic mass is 79.9. The second-order valence-corrected chi connectivity index (χ2v) is 8.02. The van der Waals surface area contributed by atoms with Crippen LogP contribution in [0.5, 0.6) is 11.5 Å². The summed E-state index contributed by atoms with van der Waals surface area (Å²) in [5.74, 6) is -0.744. The molecule has 32 heavy (non-hydrogen) atoms. The minimum absolute atomic E-state index is 0.280. The SMILES string of the molecule is COC(=O)COc1c(Br)cc(C=NNC(=O)C(C)NC(=O)c2ccccc2Br)cc1OC. The van der Waals surface area contributed by atoms with Crippen molar-refractivity contribution in [3.63, 3.8) is 0 Å². The zero-order valence-electron chi connectivity index (χ0n) is 17.5. The fraction of sp³-hybridized carbons (Fsp3) is 0.238. The van der Waals surface area contributed by atoms with Crippen molar-refractivity contribution in [1.82, 2.24) is 10.7 Å². The molecule has 11 heteroatoms. The zero-order valence-corrected chi connectivity index (χ0v) is 20.7. The molecular weight excluding hydrogens is 550 g/mol. The Kier molecular flexibility index (Phi) is 9.66. The first-order valence-corrected chi connectivity index (χ1v) is 10.8. The summed E-state index contributed by atoms with van der Waals surface area (Å²) in [4.78, 5) is 35.9. The second kappa shape index (κ2) is 12.2. The van der Waals surface area contributed by atoms with E-state index in [0.29, 0.717) is 31.6 Å². The molecule has 2 amide bonds. The molecule has 0 aliphatic carbocycles. The van der Waals surface area contributed by atoms with Gasteiger partial charge in [0.2, 0.25) is 0 Å². The highest BCUT2D eigenvalue weighted by Crippen LogP contribution is 2.36. The van der Waals surface area contributed by atoms with Crippen LogP contribution in [0.3, 0.4) is 0 Å². The number of methoxy groups -OCH3 is 2. The van der Waals surface area contributed by atoms with Crippen LogP contribution in [0.4, 0.5) is 0 Å². The standard InChI is InChI=1S/C21H21Br2N3O6/c1-12(25-21(29)14-6-4-5-7-15(14)22)20(28)26-24-10-13-8-16(23)19(17(9-13)30-2)32-11-18(27)31-3/h4-10,12H,11H2,1-3H3,(H,25,29)(H,26,28). The van der Waals surface area contributed by atoms with Gasteiger partial charge < -0.3 is 19.5 Å². The molecule has 0 aliphatic heterocycles. The van der Waals surface area contributed by atoms with E-state index in [9.17, 15) is 14.4 Å². The van der Waals surface area contributed by atoms with Crippen molar-refractivity contribution >= 4 is 55.9 Å². The molecule has 2 N–H and O–H groups in total. The summed E-state index contributed by atoms with van der Waals surface area (Å²) in [7, 11) is 2.71. The summed E-state index contributed by atoms with van der Waals surface area (Å²) in [5, 5.41) is 6.53. The van der Waals surface area contributed by atoms with E-state index in [0.717, 1.165) is 0 Å². The Balaban J connectivity index is 1.99. The highest BCUT2D eigenvalue weighted by molar-refractivity contribution is 9.10. The molecule has 1 unspecified atom stereocenters. The largest absolute Gasteiger partial charge is 0.493 e. The minimum Gasteiger partial charge on any atom is -0.493 e. The molecule has 0 heterocycles. The van der Waals surface area contributed by atoms with E-state index < -0.39 is 17.9 Å². The summed E-state index contributed by atoms with van der Waals surface area (Å²) < 4.78 is 16.4. The van der Waals surface area contributed by atoms with Crippen LogP contribution in [-0.4, -0.2) is 50.9 Å². The topological polar surface area (TPSA) is 115 Å². The van der Waals surface area contributed by atoms with Crippen LogP contribution in [0.25, 0.3) is 0 Å². The van der Waals surface area contributed by atoms with Crippen molar-refractivity contribution in [2.24, 2.45) is 5.10 Å². The van der Waals surface area contributed by atoms with Crippen LogP contribution >= 0.6 is 31.9 Å². The third kappa shape index (κ3) is 7.06. The number of carbonyl (C=O) groups excluding carboxylic acids is 3. The van der Waals surface area contributed by atoms with Crippen molar-refractivity contribution in [2.45, 2.75) is 13.0 Å². The molecule has 0 bridgehead atoms. The quantitative estimate of drug-likeness (QED) is 0.272. The van der Waals surface area contributed by atoms with Gasteiger partial charge >= 0.3 is 5.97 Å². The Morgan fingerprint density at radius 3 is 2.50 bits per heavy atom. The zero-order chi connectivity index (χ0) is 23.7. The maximum Gasteiger partial charge on any atom is 0.343 e. The number of nitrogens with one attached hydrogen (secondary N) is 2. The Morgan fingerprint density at radius 2 is 1.84 bits per heavy atom. The normalized spacial score (nSPS) is 11.5. The Bertz CT molecular complexity index is 1030. The molecule has 2 rings (SSSR count). The number of benzene rings is 2. The first-order chi connectivity index (χ1) is 15.3. The van der Waals surface area contributed by atoms with Crippen LogP contribution < -0.4 is 20.2 Å². The monoisotopic (exact) mass is 569 g/mol. The van der Waals surface area contributed by atoms with E-state index in [1.807, 2.05) is 0 Å². The Labute approximate surface area is 201 Å². The van der Waals surface area contributed by atoms with Crippen LogP contribution in [0, 0.1) is 0 Å². The number of esters is 1. The van der Waals surface area contributed by atoms with E-state index in [1.54, 1.807) is 43.3 Å². The maximum atomic E-state index is 12.3. The summed E-state index contributed by atoms with van der Waals surface area (Å²) >= 11 is 6.66. The lowest BCUT2D eigenvalue weighted by molar-refractivity contribution is -0.143. The molecule has 0 aliphatic rings. The third-order valence-electron chi connectivity index (χ3n) is 4.06. The molecule has 0 radical (unpaired) electrons. The predicted molar refractivity (Wildman–Crippen MR) is 125 cm³/mol. The average molecular weight is 571 g/mol.